The van der Waals surface area contributed by atoms with E-state index in [-0.39, 0.29) is 18.6 Å². The molecule has 2 N–H and O–H groups in total. The molecule has 0 spiro atoms. The van der Waals surface area contributed by atoms with E-state index in [0.717, 1.165) is 12.1 Å². The molecule has 0 aromatic heterocycles. The van der Waals surface area contributed by atoms with Crippen LogP contribution in [0.3, 0.4) is 0 Å². The quantitative estimate of drug-likeness (QED) is 0.874. The maximum absolute atomic E-state index is 12.6. The number of alkyl halides is 3. The number of rotatable bonds is 3. The number of aliphatic hydroxyl groups is 1. The number of hydrogen-bond donors (Lipinski definition) is 2. The van der Waals surface area contributed by atoms with Gasteiger partial charge in [-0.05, 0) is 18.1 Å². The fraction of sp³-hybridized carbons (Fsp3) is 0.417. The molecule has 2 atom stereocenters. The summed E-state index contributed by atoms with van der Waals surface area (Å²) >= 11 is 0. The van der Waals surface area contributed by atoms with Gasteiger partial charge in [-0.15, -0.1) is 0 Å². The molecule has 2 rings (SSSR count). The molecule has 0 heterocycles. The molecule has 1 aromatic carbocycles. The van der Waals surface area contributed by atoms with Crippen molar-refractivity contribution in [1.29, 1.82) is 0 Å². The van der Waals surface area contributed by atoms with E-state index in [9.17, 15) is 18.0 Å². The molecule has 1 aliphatic carbocycles. The normalized spacial score (nSPS) is 27.0. The third-order valence-corrected chi connectivity index (χ3v) is 3.41. The highest BCUT2D eigenvalue weighted by Crippen LogP contribution is 2.54. The Bertz CT molecular complexity index is 484. The highest BCUT2D eigenvalue weighted by Gasteiger charge is 2.61. The first-order valence-electron chi connectivity index (χ1n) is 5.34. The molecule has 0 radical (unpaired) electrons. The summed E-state index contributed by atoms with van der Waals surface area (Å²) in [7, 11) is 0. The molecule has 0 bridgehead atoms. The summed E-state index contributed by atoms with van der Waals surface area (Å²) in [5, 5.41) is 18.2. The number of benzene rings is 1. The molecule has 1 fully saturated rings. The zero-order chi connectivity index (χ0) is 13.6. The average Bonchev–Trinajstić information content (AvgIpc) is 3.04. The largest absolute Gasteiger partial charge is 0.481 e. The van der Waals surface area contributed by atoms with E-state index in [4.69, 9.17) is 10.2 Å². The number of carboxylic acid groups (broad SMARTS) is 1. The maximum Gasteiger partial charge on any atom is 0.416 e. The predicted octanol–water partition coefficient (Wildman–Crippen LogP) is 2.04. The van der Waals surface area contributed by atoms with Crippen LogP contribution in [-0.4, -0.2) is 22.8 Å². The van der Waals surface area contributed by atoms with Crippen molar-refractivity contribution in [3.05, 3.63) is 35.4 Å². The van der Waals surface area contributed by atoms with Crippen LogP contribution in [0.5, 0.6) is 0 Å². The highest BCUT2D eigenvalue weighted by atomic mass is 19.4. The molecule has 1 aliphatic rings. The standard InChI is InChI=1S/C12H11F3O3/c13-12(14,15)8-3-1-2-7(4-8)11(10(17)18)5-9(11)6-16/h1-4,9,16H,5-6H2,(H,17,18). The summed E-state index contributed by atoms with van der Waals surface area (Å²) in [5.41, 5.74) is -2.14. The number of aliphatic hydroxyl groups excluding tert-OH is 1. The number of carbonyl (C=O) groups is 1. The Kier molecular flexibility index (Phi) is 2.85. The first kappa shape index (κ1) is 12.9. The van der Waals surface area contributed by atoms with Crippen LogP contribution in [0.2, 0.25) is 0 Å². The summed E-state index contributed by atoms with van der Waals surface area (Å²) in [6.45, 7) is -0.345. The lowest BCUT2D eigenvalue weighted by molar-refractivity contribution is -0.141. The van der Waals surface area contributed by atoms with Gasteiger partial charge in [0.15, 0.2) is 0 Å². The summed E-state index contributed by atoms with van der Waals surface area (Å²) in [6.07, 6.45) is -4.33. The molecule has 6 heteroatoms. The Morgan fingerprint density at radius 1 is 1.44 bits per heavy atom. The second kappa shape index (κ2) is 3.98. The Balaban J connectivity index is 2.43. The van der Waals surface area contributed by atoms with Gasteiger partial charge in [0.1, 0.15) is 0 Å². The SMILES string of the molecule is O=C(O)C1(c2cccc(C(F)(F)F)c2)CC1CO. The van der Waals surface area contributed by atoms with Crippen molar-refractivity contribution in [3.8, 4) is 0 Å². The van der Waals surface area contributed by atoms with E-state index in [0.29, 0.717) is 0 Å². The van der Waals surface area contributed by atoms with Crippen molar-refractivity contribution < 1.29 is 28.2 Å². The number of carboxylic acids is 1. The van der Waals surface area contributed by atoms with Crippen LogP contribution in [-0.2, 0) is 16.4 Å². The van der Waals surface area contributed by atoms with Crippen molar-refractivity contribution in [2.75, 3.05) is 6.61 Å². The van der Waals surface area contributed by atoms with Crippen LogP contribution in [0.15, 0.2) is 24.3 Å². The van der Waals surface area contributed by atoms with E-state index in [1.807, 2.05) is 0 Å². The molecule has 1 saturated carbocycles. The van der Waals surface area contributed by atoms with Gasteiger partial charge in [-0.3, -0.25) is 4.79 Å². The Morgan fingerprint density at radius 2 is 2.11 bits per heavy atom. The first-order chi connectivity index (χ1) is 8.32. The first-order valence-corrected chi connectivity index (χ1v) is 5.34. The highest BCUT2D eigenvalue weighted by molar-refractivity contribution is 5.86. The molecule has 0 amide bonds. The molecule has 1 aromatic rings. The zero-order valence-electron chi connectivity index (χ0n) is 9.24. The number of halogens is 3. The molecule has 2 unspecified atom stereocenters. The van der Waals surface area contributed by atoms with Gasteiger partial charge in [-0.2, -0.15) is 13.2 Å². The van der Waals surface area contributed by atoms with Crippen LogP contribution in [0.1, 0.15) is 17.5 Å². The van der Waals surface area contributed by atoms with E-state index in [2.05, 4.69) is 0 Å². The van der Waals surface area contributed by atoms with Crippen LogP contribution in [0, 0.1) is 5.92 Å². The summed E-state index contributed by atoms with van der Waals surface area (Å²) in [6, 6.07) is 4.30. The minimum atomic E-state index is -4.50. The summed E-state index contributed by atoms with van der Waals surface area (Å²) in [5.74, 6) is -1.71. The second-order valence-corrected chi connectivity index (χ2v) is 4.44. The summed E-state index contributed by atoms with van der Waals surface area (Å²) < 4.78 is 37.7. The maximum atomic E-state index is 12.6. The van der Waals surface area contributed by atoms with Gasteiger partial charge in [0.2, 0.25) is 0 Å². The van der Waals surface area contributed by atoms with Gasteiger partial charge in [-0.25, -0.2) is 0 Å². The third kappa shape index (κ3) is 1.86. The third-order valence-electron chi connectivity index (χ3n) is 3.41. The number of hydrogen-bond acceptors (Lipinski definition) is 2. The lowest BCUT2D eigenvalue weighted by atomic mass is 9.92. The van der Waals surface area contributed by atoms with Gasteiger partial charge in [0, 0.05) is 12.5 Å². The molecule has 0 aliphatic heterocycles. The van der Waals surface area contributed by atoms with Crippen LogP contribution < -0.4 is 0 Å². The minimum absolute atomic E-state index is 0.101. The lowest BCUT2D eigenvalue weighted by Gasteiger charge is -2.14. The van der Waals surface area contributed by atoms with Crippen LogP contribution >= 0.6 is 0 Å². The monoisotopic (exact) mass is 260 g/mol. The molecule has 0 saturated heterocycles. The fourth-order valence-corrected chi connectivity index (χ4v) is 2.26. The van der Waals surface area contributed by atoms with Gasteiger partial charge >= 0.3 is 12.1 Å². The van der Waals surface area contributed by atoms with E-state index >= 15 is 0 Å². The van der Waals surface area contributed by atoms with Crippen molar-refractivity contribution in [3.63, 3.8) is 0 Å². The zero-order valence-corrected chi connectivity index (χ0v) is 9.24. The topological polar surface area (TPSA) is 57.5 Å². The van der Waals surface area contributed by atoms with Crippen molar-refractivity contribution >= 4 is 5.97 Å². The van der Waals surface area contributed by atoms with Gasteiger partial charge in [0.05, 0.1) is 11.0 Å². The van der Waals surface area contributed by atoms with Gasteiger partial charge < -0.3 is 10.2 Å². The Morgan fingerprint density at radius 3 is 2.56 bits per heavy atom. The smallest absolute Gasteiger partial charge is 0.416 e. The van der Waals surface area contributed by atoms with Crippen molar-refractivity contribution in [2.45, 2.75) is 18.0 Å². The number of aliphatic carboxylic acids is 1. The van der Waals surface area contributed by atoms with Gasteiger partial charge in [-0.1, -0.05) is 18.2 Å². The average molecular weight is 260 g/mol. The molecule has 18 heavy (non-hydrogen) atoms. The fourth-order valence-electron chi connectivity index (χ4n) is 2.26. The second-order valence-electron chi connectivity index (χ2n) is 4.44. The van der Waals surface area contributed by atoms with Crippen molar-refractivity contribution in [1.82, 2.24) is 0 Å². The molecular formula is C12H11F3O3. The molecule has 98 valence electrons. The van der Waals surface area contributed by atoms with E-state index in [1.165, 1.54) is 12.1 Å². The van der Waals surface area contributed by atoms with Crippen LogP contribution in [0.25, 0.3) is 0 Å². The molecule has 3 nitrogen and oxygen atoms in total. The summed E-state index contributed by atoms with van der Waals surface area (Å²) in [4.78, 5) is 11.2. The van der Waals surface area contributed by atoms with Gasteiger partial charge in [0.25, 0.3) is 0 Å². The Labute approximate surface area is 101 Å². The Hall–Kier alpha value is -1.56. The lowest BCUT2D eigenvalue weighted by Crippen LogP contribution is -2.24. The predicted molar refractivity (Wildman–Crippen MR) is 56.0 cm³/mol. The van der Waals surface area contributed by atoms with E-state index in [1.54, 1.807) is 0 Å². The molecular weight excluding hydrogens is 249 g/mol. The van der Waals surface area contributed by atoms with E-state index < -0.39 is 29.0 Å². The van der Waals surface area contributed by atoms with Crippen LogP contribution in [0.4, 0.5) is 13.2 Å². The van der Waals surface area contributed by atoms with Crippen molar-refractivity contribution in [2.24, 2.45) is 5.92 Å². The minimum Gasteiger partial charge on any atom is -0.481 e.